The lowest BCUT2D eigenvalue weighted by Gasteiger charge is -2.16. The fourth-order valence-corrected chi connectivity index (χ4v) is 2.79. The third kappa shape index (κ3) is 6.53. The molecule has 0 saturated carbocycles. The largest absolute Gasteiger partial charge is 0.481 e. The molecule has 1 aromatic heterocycles. The number of halogens is 4. The minimum Gasteiger partial charge on any atom is -0.481 e. The third-order valence-electron chi connectivity index (χ3n) is 4.09. The van der Waals surface area contributed by atoms with Crippen molar-refractivity contribution in [2.75, 3.05) is 20.3 Å². The van der Waals surface area contributed by atoms with E-state index in [-0.39, 0.29) is 31.0 Å². The zero-order valence-electron chi connectivity index (χ0n) is 15.2. The summed E-state index contributed by atoms with van der Waals surface area (Å²) in [5.74, 6) is -2.28. The lowest BCUT2D eigenvalue weighted by Crippen LogP contribution is -2.40. The van der Waals surface area contributed by atoms with E-state index in [1.165, 1.54) is 14.0 Å². The highest BCUT2D eigenvalue weighted by Crippen LogP contribution is 2.27. The van der Waals surface area contributed by atoms with Crippen molar-refractivity contribution in [1.29, 1.82) is 0 Å². The molecule has 1 aromatic rings. The number of nitrogens with zero attached hydrogens (tertiary/aromatic N) is 1. The van der Waals surface area contributed by atoms with E-state index >= 15 is 0 Å². The number of rotatable bonds is 8. The van der Waals surface area contributed by atoms with Crippen LogP contribution >= 0.6 is 0 Å². The molecule has 2 unspecified atom stereocenters. The Balaban J connectivity index is 1.97. The number of ether oxygens (including phenoxy) is 2. The molecule has 2 heterocycles. The molecule has 1 fully saturated rings. The topological polar surface area (TPSA) is 72.5 Å². The van der Waals surface area contributed by atoms with E-state index in [0.29, 0.717) is 5.56 Å². The van der Waals surface area contributed by atoms with Crippen LogP contribution in [0.1, 0.15) is 31.7 Å². The van der Waals surface area contributed by atoms with Crippen molar-refractivity contribution in [3.05, 3.63) is 17.4 Å². The summed E-state index contributed by atoms with van der Waals surface area (Å²) in [6.45, 7) is 1.80. The molecule has 10 heteroatoms. The Morgan fingerprint density at radius 3 is 2.78 bits per heavy atom. The fraction of sp³-hybridized carbons (Fsp3) is 0.647. The van der Waals surface area contributed by atoms with Crippen LogP contribution in [0.25, 0.3) is 0 Å². The van der Waals surface area contributed by atoms with E-state index in [4.69, 9.17) is 9.47 Å². The normalized spacial score (nSPS) is 18.2. The predicted octanol–water partition coefficient (Wildman–Crippen LogP) is 2.56. The lowest BCUT2D eigenvalue weighted by molar-refractivity contribution is -0.145. The Bertz CT molecular complexity index is 649. The number of hydrogen-bond acceptors (Lipinski definition) is 5. The molecule has 2 rings (SSSR count). The molecule has 152 valence electrons. The van der Waals surface area contributed by atoms with E-state index in [9.17, 15) is 22.4 Å². The third-order valence-corrected chi connectivity index (χ3v) is 4.09. The molecule has 0 spiro atoms. The van der Waals surface area contributed by atoms with Gasteiger partial charge >= 0.3 is 6.18 Å². The van der Waals surface area contributed by atoms with Crippen LogP contribution in [0.4, 0.5) is 17.6 Å². The average molecular weight is 393 g/mol. The Morgan fingerprint density at radius 1 is 1.44 bits per heavy atom. The summed E-state index contributed by atoms with van der Waals surface area (Å²) in [6.07, 6.45) is -3.71. The fourth-order valence-electron chi connectivity index (χ4n) is 2.79. The van der Waals surface area contributed by atoms with Gasteiger partial charge in [0.05, 0.1) is 19.8 Å². The van der Waals surface area contributed by atoms with Gasteiger partial charge in [0.1, 0.15) is 0 Å². The number of hydrogen-bond donors (Lipinski definition) is 2. The Kier molecular flexibility index (Phi) is 7.23. The van der Waals surface area contributed by atoms with Gasteiger partial charge in [-0.3, -0.25) is 4.79 Å². The molecule has 0 aromatic carbocycles. The molecule has 1 saturated heterocycles. The SMILES string of the molecule is COc1nc(OCC(C)CC(F)(F)F)c(F)cc1CNC(=O)C1CCCN1. The zero-order chi connectivity index (χ0) is 20.0. The zero-order valence-corrected chi connectivity index (χ0v) is 15.2. The predicted molar refractivity (Wildman–Crippen MR) is 88.9 cm³/mol. The number of alkyl halides is 3. The molecule has 1 aliphatic rings. The van der Waals surface area contributed by atoms with E-state index in [0.717, 1.165) is 25.5 Å². The molecule has 0 bridgehead atoms. The minimum absolute atomic E-state index is 0.00879. The second-order valence-corrected chi connectivity index (χ2v) is 6.55. The van der Waals surface area contributed by atoms with Gasteiger partial charge in [-0.05, 0) is 31.4 Å². The van der Waals surface area contributed by atoms with E-state index in [1.807, 2.05) is 0 Å². The van der Waals surface area contributed by atoms with Crippen molar-refractivity contribution in [3.8, 4) is 11.8 Å². The average Bonchev–Trinajstić information content (AvgIpc) is 3.11. The number of nitrogens with one attached hydrogen (secondary N) is 2. The van der Waals surface area contributed by atoms with Crippen LogP contribution in [0.15, 0.2) is 6.07 Å². The molecule has 0 aliphatic carbocycles. The summed E-state index contributed by atoms with van der Waals surface area (Å²) in [7, 11) is 1.32. The summed E-state index contributed by atoms with van der Waals surface area (Å²) in [5.41, 5.74) is 0.303. The Hall–Kier alpha value is -2.10. The summed E-state index contributed by atoms with van der Waals surface area (Å²) in [5, 5.41) is 5.74. The van der Waals surface area contributed by atoms with Crippen molar-refractivity contribution in [2.45, 2.75) is 44.9 Å². The molecule has 2 N–H and O–H groups in total. The first kappa shape index (κ1) is 21.2. The maximum absolute atomic E-state index is 14.2. The maximum atomic E-state index is 14.2. The first-order valence-corrected chi connectivity index (χ1v) is 8.63. The maximum Gasteiger partial charge on any atom is 0.389 e. The van der Waals surface area contributed by atoms with E-state index in [1.54, 1.807) is 0 Å². The van der Waals surface area contributed by atoms with Crippen LogP contribution in [-0.4, -0.2) is 43.4 Å². The minimum atomic E-state index is -4.32. The van der Waals surface area contributed by atoms with Gasteiger partial charge in [-0.15, -0.1) is 0 Å². The summed E-state index contributed by atoms with van der Waals surface area (Å²) < 4.78 is 61.4. The Labute approximate surface area is 154 Å². The van der Waals surface area contributed by atoms with Gasteiger partial charge < -0.3 is 20.1 Å². The Morgan fingerprint density at radius 2 is 2.19 bits per heavy atom. The van der Waals surface area contributed by atoms with Crippen molar-refractivity contribution < 1.29 is 31.8 Å². The number of amides is 1. The number of carbonyl (C=O) groups is 1. The summed E-state index contributed by atoms with van der Waals surface area (Å²) in [6, 6.07) is 0.823. The monoisotopic (exact) mass is 393 g/mol. The van der Waals surface area contributed by atoms with Gasteiger partial charge in [0.15, 0.2) is 5.82 Å². The molecule has 0 radical (unpaired) electrons. The van der Waals surface area contributed by atoms with Crippen LogP contribution in [-0.2, 0) is 11.3 Å². The summed E-state index contributed by atoms with van der Waals surface area (Å²) in [4.78, 5) is 15.9. The van der Waals surface area contributed by atoms with Gasteiger partial charge in [-0.25, -0.2) is 4.39 Å². The first-order valence-electron chi connectivity index (χ1n) is 8.63. The van der Waals surface area contributed by atoms with Crippen molar-refractivity contribution in [1.82, 2.24) is 15.6 Å². The molecule has 27 heavy (non-hydrogen) atoms. The highest BCUT2D eigenvalue weighted by Gasteiger charge is 2.30. The number of carbonyl (C=O) groups excluding carboxylic acids is 1. The number of pyridine rings is 1. The second kappa shape index (κ2) is 9.20. The lowest BCUT2D eigenvalue weighted by atomic mass is 10.1. The van der Waals surface area contributed by atoms with Gasteiger partial charge in [0.25, 0.3) is 5.88 Å². The highest BCUT2D eigenvalue weighted by atomic mass is 19.4. The van der Waals surface area contributed by atoms with Crippen LogP contribution in [0.5, 0.6) is 11.8 Å². The molecule has 2 atom stereocenters. The van der Waals surface area contributed by atoms with Crippen LogP contribution in [0, 0.1) is 11.7 Å². The van der Waals surface area contributed by atoms with Gasteiger partial charge in [-0.2, -0.15) is 18.2 Å². The summed E-state index contributed by atoms with van der Waals surface area (Å²) >= 11 is 0. The first-order chi connectivity index (χ1) is 12.7. The smallest absolute Gasteiger partial charge is 0.389 e. The van der Waals surface area contributed by atoms with Crippen LogP contribution in [0.2, 0.25) is 0 Å². The van der Waals surface area contributed by atoms with Gasteiger partial charge in [0, 0.05) is 18.5 Å². The van der Waals surface area contributed by atoms with Crippen LogP contribution in [0.3, 0.4) is 0 Å². The van der Waals surface area contributed by atoms with Gasteiger partial charge in [0.2, 0.25) is 11.8 Å². The van der Waals surface area contributed by atoms with Crippen molar-refractivity contribution in [2.24, 2.45) is 5.92 Å². The van der Waals surface area contributed by atoms with E-state index in [2.05, 4.69) is 15.6 Å². The number of aromatic nitrogens is 1. The second-order valence-electron chi connectivity index (χ2n) is 6.55. The molecule has 1 aliphatic heterocycles. The molecular weight excluding hydrogens is 370 g/mol. The van der Waals surface area contributed by atoms with Crippen molar-refractivity contribution in [3.63, 3.8) is 0 Å². The molecular formula is C17H23F4N3O3. The van der Waals surface area contributed by atoms with Crippen molar-refractivity contribution >= 4 is 5.91 Å². The number of methoxy groups -OCH3 is 1. The standard InChI is InChI=1S/C17H23F4N3O3/c1-10(7-17(19,20)21)9-27-16-12(18)6-11(15(24-16)26-2)8-23-14(25)13-4-3-5-22-13/h6,10,13,22H,3-5,7-9H2,1-2H3,(H,23,25). The highest BCUT2D eigenvalue weighted by molar-refractivity contribution is 5.82. The van der Waals surface area contributed by atoms with Gasteiger partial charge in [-0.1, -0.05) is 6.92 Å². The molecule has 6 nitrogen and oxygen atoms in total. The molecule has 1 amide bonds. The quantitative estimate of drug-likeness (QED) is 0.665. The van der Waals surface area contributed by atoms with Crippen LogP contribution < -0.4 is 20.1 Å². The van der Waals surface area contributed by atoms with E-state index < -0.39 is 30.2 Å².